The molecule has 0 aliphatic carbocycles. The Labute approximate surface area is 158 Å². The number of hydrogen-bond acceptors (Lipinski definition) is 5. The zero-order valence-corrected chi connectivity index (χ0v) is 15.9. The number of likely N-dealkylation sites (tertiary alicyclic amines) is 1. The fourth-order valence-electron chi connectivity index (χ4n) is 2.91. The van der Waals surface area contributed by atoms with Gasteiger partial charge in [0.05, 0.1) is 6.54 Å². The van der Waals surface area contributed by atoms with E-state index in [1.807, 2.05) is 13.8 Å². The van der Waals surface area contributed by atoms with Crippen molar-refractivity contribution in [2.45, 2.75) is 52.1 Å². The molecule has 0 aromatic rings. The Morgan fingerprint density at radius 1 is 1.11 bits per heavy atom. The lowest BCUT2D eigenvalue weighted by Crippen LogP contribution is -2.54. The van der Waals surface area contributed by atoms with E-state index in [0.717, 1.165) is 6.42 Å². The fraction of sp³-hybridized carbons (Fsp3) is 0.706. The van der Waals surface area contributed by atoms with Gasteiger partial charge in [0, 0.05) is 13.5 Å². The lowest BCUT2D eigenvalue weighted by atomic mass is 10.0. The van der Waals surface area contributed by atoms with E-state index in [-0.39, 0.29) is 24.3 Å². The van der Waals surface area contributed by atoms with Gasteiger partial charge >= 0.3 is 5.97 Å². The Bertz CT molecular complexity index is 592. The van der Waals surface area contributed by atoms with Gasteiger partial charge in [0.2, 0.25) is 23.6 Å². The van der Waals surface area contributed by atoms with Crippen molar-refractivity contribution in [3.8, 4) is 0 Å². The first-order valence-corrected chi connectivity index (χ1v) is 8.95. The predicted octanol–water partition coefficient (Wildman–Crippen LogP) is -1.15. The van der Waals surface area contributed by atoms with Crippen molar-refractivity contribution in [2.24, 2.45) is 5.92 Å². The highest BCUT2D eigenvalue weighted by molar-refractivity contribution is 5.93. The molecular formula is C17H28N4O6. The number of rotatable bonds is 9. The summed E-state index contributed by atoms with van der Waals surface area (Å²) in [6.45, 7) is 4.77. The minimum Gasteiger partial charge on any atom is -0.480 e. The van der Waals surface area contributed by atoms with Crippen molar-refractivity contribution >= 4 is 29.6 Å². The van der Waals surface area contributed by atoms with Crippen LogP contribution in [0.5, 0.6) is 0 Å². The summed E-state index contributed by atoms with van der Waals surface area (Å²) in [5, 5.41) is 15.7. The van der Waals surface area contributed by atoms with E-state index in [4.69, 9.17) is 5.11 Å². The number of aliphatic carboxylic acids is 1. The highest BCUT2D eigenvalue weighted by Crippen LogP contribution is 2.18. The molecule has 0 bridgehead atoms. The SMILES string of the molecule is CC(=O)N1CCC[C@H]1C(=O)N[C@@H](CC(C)C)C(=O)NCC(=O)NCC(=O)O. The number of carbonyl (C=O) groups is 5. The maximum atomic E-state index is 12.5. The molecule has 0 radical (unpaired) electrons. The number of amides is 4. The molecule has 27 heavy (non-hydrogen) atoms. The largest absolute Gasteiger partial charge is 0.480 e. The summed E-state index contributed by atoms with van der Waals surface area (Å²) < 4.78 is 0. The second-order valence-electron chi connectivity index (χ2n) is 6.95. The van der Waals surface area contributed by atoms with Gasteiger partial charge in [-0.15, -0.1) is 0 Å². The highest BCUT2D eigenvalue weighted by Gasteiger charge is 2.34. The van der Waals surface area contributed by atoms with E-state index in [0.29, 0.717) is 19.4 Å². The summed E-state index contributed by atoms with van der Waals surface area (Å²) in [5.41, 5.74) is 0. The van der Waals surface area contributed by atoms with Gasteiger partial charge in [-0.05, 0) is 25.2 Å². The second-order valence-corrected chi connectivity index (χ2v) is 6.95. The van der Waals surface area contributed by atoms with E-state index in [2.05, 4.69) is 16.0 Å². The summed E-state index contributed by atoms with van der Waals surface area (Å²) in [6, 6.07) is -1.44. The third-order valence-electron chi connectivity index (χ3n) is 4.16. The molecule has 1 heterocycles. The maximum Gasteiger partial charge on any atom is 0.322 e. The topological polar surface area (TPSA) is 145 Å². The average molecular weight is 384 g/mol. The van der Waals surface area contributed by atoms with Crippen LogP contribution in [0.1, 0.15) is 40.0 Å². The molecule has 4 amide bonds. The normalized spacial score (nSPS) is 17.3. The Kier molecular flexibility index (Phi) is 8.70. The molecule has 1 aliphatic heterocycles. The molecule has 1 rings (SSSR count). The zero-order valence-electron chi connectivity index (χ0n) is 15.9. The van der Waals surface area contributed by atoms with Crippen LogP contribution in [-0.4, -0.2) is 71.3 Å². The minimum absolute atomic E-state index is 0.106. The Hall–Kier alpha value is -2.65. The van der Waals surface area contributed by atoms with Crippen LogP contribution in [-0.2, 0) is 24.0 Å². The van der Waals surface area contributed by atoms with Gasteiger partial charge in [-0.3, -0.25) is 24.0 Å². The molecule has 0 spiro atoms. The second kappa shape index (κ2) is 10.5. The molecule has 152 valence electrons. The summed E-state index contributed by atoms with van der Waals surface area (Å²) >= 11 is 0. The maximum absolute atomic E-state index is 12.5. The van der Waals surface area contributed by atoms with E-state index in [1.165, 1.54) is 11.8 Å². The molecular weight excluding hydrogens is 356 g/mol. The van der Waals surface area contributed by atoms with Gasteiger partial charge in [-0.25, -0.2) is 0 Å². The van der Waals surface area contributed by atoms with Crippen LogP contribution >= 0.6 is 0 Å². The Balaban J connectivity index is 2.64. The first kappa shape index (κ1) is 22.4. The lowest BCUT2D eigenvalue weighted by molar-refractivity contribution is -0.138. The molecule has 1 fully saturated rings. The summed E-state index contributed by atoms with van der Waals surface area (Å²) in [4.78, 5) is 60.0. The third-order valence-corrected chi connectivity index (χ3v) is 4.16. The van der Waals surface area contributed by atoms with Crippen LogP contribution in [0.3, 0.4) is 0 Å². The summed E-state index contributed by atoms with van der Waals surface area (Å²) in [6.07, 6.45) is 1.63. The van der Waals surface area contributed by atoms with Crippen LogP contribution in [0.25, 0.3) is 0 Å². The standard InChI is InChI=1S/C17H28N4O6/c1-10(2)7-12(16(26)19-8-14(23)18-9-15(24)25)20-17(27)13-5-4-6-21(13)11(3)22/h10,12-13H,4-9H2,1-3H3,(H,18,23)(H,19,26)(H,20,27)(H,24,25)/t12-,13-/m0/s1. The zero-order chi connectivity index (χ0) is 20.6. The molecule has 1 aliphatic rings. The first-order valence-electron chi connectivity index (χ1n) is 8.95. The number of nitrogens with zero attached hydrogens (tertiary/aromatic N) is 1. The molecule has 0 unspecified atom stereocenters. The smallest absolute Gasteiger partial charge is 0.322 e. The van der Waals surface area contributed by atoms with Crippen molar-refractivity contribution < 1.29 is 29.1 Å². The molecule has 4 N–H and O–H groups in total. The molecule has 0 aromatic carbocycles. The van der Waals surface area contributed by atoms with Gasteiger partial charge < -0.3 is 26.0 Å². The van der Waals surface area contributed by atoms with Gasteiger partial charge in [0.15, 0.2) is 0 Å². The number of nitrogens with one attached hydrogen (secondary N) is 3. The van der Waals surface area contributed by atoms with E-state index < -0.39 is 36.4 Å². The van der Waals surface area contributed by atoms with Gasteiger partial charge in [0.25, 0.3) is 0 Å². The summed E-state index contributed by atoms with van der Waals surface area (Å²) in [5.74, 6) is -2.83. The Morgan fingerprint density at radius 3 is 2.33 bits per heavy atom. The van der Waals surface area contributed by atoms with Crippen LogP contribution in [0.4, 0.5) is 0 Å². The van der Waals surface area contributed by atoms with Crippen molar-refractivity contribution in [3.05, 3.63) is 0 Å². The minimum atomic E-state index is -1.19. The van der Waals surface area contributed by atoms with Gasteiger partial charge in [-0.2, -0.15) is 0 Å². The van der Waals surface area contributed by atoms with Crippen LogP contribution < -0.4 is 16.0 Å². The monoisotopic (exact) mass is 384 g/mol. The molecule has 0 saturated carbocycles. The van der Waals surface area contributed by atoms with Gasteiger partial charge in [0.1, 0.15) is 18.6 Å². The quantitative estimate of drug-likeness (QED) is 0.395. The van der Waals surface area contributed by atoms with Crippen molar-refractivity contribution in [2.75, 3.05) is 19.6 Å². The molecule has 0 aromatic heterocycles. The molecule has 1 saturated heterocycles. The number of carboxylic acid groups (broad SMARTS) is 1. The van der Waals surface area contributed by atoms with Crippen LogP contribution in [0.15, 0.2) is 0 Å². The predicted molar refractivity (Wildman–Crippen MR) is 95.4 cm³/mol. The van der Waals surface area contributed by atoms with Crippen LogP contribution in [0, 0.1) is 5.92 Å². The third kappa shape index (κ3) is 7.63. The Morgan fingerprint density at radius 2 is 1.78 bits per heavy atom. The van der Waals surface area contributed by atoms with Crippen molar-refractivity contribution in [3.63, 3.8) is 0 Å². The van der Waals surface area contributed by atoms with E-state index >= 15 is 0 Å². The number of carboxylic acids is 1. The van der Waals surface area contributed by atoms with Crippen LogP contribution in [0.2, 0.25) is 0 Å². The van der Waals surface area contributed by atoms with Crippen molar-refractivity contribution in [1.29, 1.82) is 0 Å². The fourth-order valence-corrected chi connectivity index (χ4v) is 2.91. The number of carbonyl (C=O) groups excluding carboxylic acids is 4. The highest BCUT2D eigenvalue weighted by atomic mass is 16.4. The lowest BCUT2D eigenvalue weighted by Gasteiger charge is -2.26. The number of hydrogen-bond donors (Lipinski definition) is 4. The first-order chi connectivity index (χ1) is 12.6. The average Bonchev–Trinajstić information content (AvgIpc) is 3.06. The van der Waals surface area contributed by atoms with E-state index in [9.17, 15) is 24.0 Å². The van der Waals surface area contributed by atoms with Crippen molar-refractivity contribution in [1.82, 2.24) is 20.9 Å². The molecule has 10 heteroatoms. The molecule has 10 nitrogen and oxygen atoms in total. The van der Waals surface area contributed by atoms with E-state index in [1.54, 1.807) is 0 Å². The molecule has 2 atom stereocenters. The van der Waals surface area contributed by atoms with Gasteiger partial charge in [-0.1, -0.05) is 13.8 Å². The summed E-state index contributed by atoms with van der Waals surface area (Å²) in [7, 11) is 0.